The molecule has 0 saturated heterocycles. The zero-order chi connectivity index (χ0) is 15.2. The Kier molecular flexibility index (Phi) is 5.52. The van der Waals surface area contributed by atoms with Crippen molar-refractivity contribution in [3.05, 3.63) is 33.9 Å². The first kappa shape index (κ1) is 15.7. The molecule has 1 fully saturated rings. The monoisotopic (exact) mass is 294 g/mol. The average molecular weight is 294 g/mol. The Balaban J connectivity index is 1.96. The van der Waals surface area contributed by atoms with Crippen LogP contribution in [0.25, 0.3) is 0 Å². The normalized spacial score (nSPS) is 22.0. The lowest BCUT2D eigenvalue weighted by Gasteiger charge is -2.28. The van der Waals surface area contributed by atoms with E-state index in [2.05, 4.69) is 5.32 Å². The van der Waals surface area contributed by atoms with Crippen molar-refractivity contribution in [2.24, 2.45) is 0 Å². The van der Waals surface area contributed by atoms with E-state index in [-0.39, 0.29) is 11.8 Å². The highest BCUT2D eigenvalue weighted by atomic mass is 16.6. The summed E-state index contributed by atoms with van der Waals surface area (Å²) in [6, 6.07) is 5.17. The molecule has 0 amide bonds. The van der Waals surface area contributed by atoms with E-state index in [9.17, 15) is 10.1 Å². The van der Waals surface area contributed by atoms with Crippen LogP contribution in [-0.4, -0.2) is 31.2 Å². The Morgan fingerprint density at radius 2 is 2.05 bits per heavy atom. The van der Waals surface area contributed by atoms with Crippen molar-refractivity contribution >= 4 is 5.69 Å². The van der Waals surface area contributed by atoms with Crippen LogP contribution in [0.1, 0.15) is 31.2 Å². The second-order valence-electron chi connectivity index (χ2n) is 5.33. The van der Waals surface area contributed by atoms with Crippen molar-refractivity contribution in [2.75, 3.05) is 14.2 Å². The van der Waals surface area contributed by atoms with Crippen LogP contribution in [-0.2, 0) is 11.3 Å². The molecule has 0 aliphatic heterocycles. The number of nitrogens with zero attached hydrogens (tertiary/aromatic N) is 1. The third-order valence-corrected chi connectivity index (χ3v) is 4.03. The van der Waals surface area contributed by atoms with Gasteiger partial charge in [0, 0.05) is 23.7 Å². The Morgan fingerprint density at radius 3 is 2.62 bits per heavy atom. The lowest BCUT2D eigenvalue weighted by Crippen LogP contribution is -2.32. The fourth-order valence-corrected chi connectivity index (χ4v) is 2.72. The maximum atomic E-state index is 10.8. The Hall–Kier alpha value is -1.66. The van der Waals surface area contributed by atoms with Crippen LogP contribution < -0.4 is 10.1 Å². The first-order valence-electron chi connectivity index (χ1n) is 7.24. The SMILES string of the molecule is CNC1CCC(OCc2cc([N+](=O)[O-])ccc2OC)CC1. The van der Waals surface area contributed by atoms with E-state index >= 15 is 0 Å². The summed E-state index contributed by atoms with van der Waals surface area (Å²) in [6.07, 6.45) is 4.46. The summed E-state index contributed by atoms with van der Waals surface area (Å²) < 4.78 is 11.2. The van der Waals surface area contributed by atoms with Gasteiger partial charge in [-0.05, 0) is 38.8 Å². The van der Waals surface area contributed by atoms with Crippen LogP contribution in [0, 0.1) is 10.1 Å². The maximum absolute atomic E-state index is 10.8. The third-order valence-electron chi connectivity index (χ3n) is 4.03. The summed E-state index contributed by atoms with van der Waals surface area (Å²) in [7, 11) is 3.54. The molecule has 116 valence electrons. The Labute approximate surface area is 124 Å². The van der Waals surface area contributed by atoms with Gasteiger partial charge in [0.25, 0.3) is 5.69 Å². The Morgan fingerprint density at radius 1 is 1.33 bits per heavy atom. The van der Waals surface area contributed by atoms with E-state index in [1.807, 2.05) is 7.05 Å². The lowest BCUT2D eigenvalue weighted by molar-refractivity contribution is -0.385. The summed E-state index contributed by atoms with van der Waals surface area (Å²) in [5, 5.41) is 14.1. The van der Waals surface area contributed by atoms with Gasteiger partial charge in [-0.25, -0.2) is 0 Å². The number of methoxy groups -OCH3 is 1. The number of nitro groups is 1. The second-order valence-corrected chi connectivity index (χ2v) is 5.33. The average Bonchev–Trinajstić information content (AvgIpc) is 2.53. The van der Waals surface area contributed by atoms with Gasteiger partial charge in [0.2, 0.25) is 0 Å². The van der Waals surface area contributed by atoms with Gasteiger partial charge in [-0.15, -0.1) is 0 Å². The van der Waals surface area contributed by atoms with Crippen molar-refractivity contribution in [2.45, 2.75) is 44.4 Å². The molecule has 1 aliphatic carbocycles. The number of ether oxygens (including phenoxy) is 2. The highest BCUT2D eigenvalue weighted by molar-refractivity contribution is 5.43. The van der Waals surface area contributed by atoms with Crippen molar-refractivity contribution in [1.29, 1.82) is 0 Å². The molecule has 1 aromatic rings. The Bertz CT molecular complexity index is 485. The fourth-order valence-electron chi connectivity index (χ4n) is 2.72. The molecule has 21 heavy (non-hydrogen) atoms. The summed E-state index contributed by atoms with van der Waals surface area (Å²) in [6.45, 7) is 0.347. The number of non-ortho nitro benzene ring substituents is 1. The number of benzene rings is 1. The third kappa shape index (κ3) is 4.15. The number of rotatable bonds is 6. The molecule has 1 aliphatic rings. The number of nitro benzene ring substituents is 1. The first-order chi connectivity index (χ1) is 10.1. The van der Waals surface area contributed by atoms with Gasteiger partial charge in [0.15, 0.2) is 0 Å². The smallest absolute Gasteiger partial charge is 0.270 e. The van der Waals surface area contributed by atoms with E-state index in [4.69, 9.17) is 9.47 Å². The van der Waals surface area contributed by atoms with E-state index in [1.54, 1.807) is 13.2 Å². The van der Waals surface area contributed by atoms with Crippen LogP contribution in [0.2, 0.25) is 0 Å². The molecular weight excluding hydrogens is 272 g/mol. The molecular formula is C15H22N2O4. The van der Waals surface area contributed by atoms with Gasteiger partial charge in [-0.1, -0.05) is 0 Å². The molecule has 0 heterocycles. The van der Waals surface area contributed by atoms with E-state index < -0.39 is 4.92 Å². The molecule has 0 bridgehead atoms. The van der Waals surface area contributed by atoms with Crippen molar-refractivity contribution in [3.8, 4) is 5.75 Å². The minimum absolute atomic E-state index is 0.0632. The van der Waals surface area contributed by atoms with Gasteiger partial charge >= 0.3 is 0 Å². The highest BCUT2D eigenvalue weighted by Crippen LogP contribution is 2.27. The van der Waals surface area contributed by atoms with Crippen LogP contribution in [0.5, 0.6) is 5.75 Å². The molecule has 0 radical (unpaired) electrons. The topological polar surface area (TPSA) is 73.6 Å². The molecule has 6 nitrogen and oxygen atoms in total. The van der Waals surface area contributed by atoms with E-state index in [0.717, 1.165) is 31.2 Å². The quantitative estimate of drug-likeness (QED) is 0.645. The molecule has 0 atom stereocenters. The van der Waals surface area contributed by atoms with E-state index in [1.165, 1.54) is 12.1 Å². The first-order valence-corrected chi connectivity index (χ1v) is 7.24. The van der Waals surface area contributed by atoms with Crippen LogP contribution in [0.4, 0.5) is 5.69 Å². The van der Waals surface area contributed by atoms with Crippen molar-refractivity contribution < 1.29 is 14.4 Å². The zero-order valence-electron chi connectivity index (χ0n) is 12.5. The molecule has 0 aromatic heterocycles. The minimum Gasteiger partial charge on any atom is -0.496 e. The fraction of sp³-hybridized carbons (Fsp3) is 0.600. The van der Waals surface area contributed by atoms with Gasteiger partial charge in [-0.2, -0.15) is 0 Å². The zero-order valence-corrected chi connectivity index (χ0v) is 12.5. The summed E-state index contributed by atoms with van der Waals surface area (Å²) >= 11 is 0. The predicted octanol–water partition coefficient (Wildman–Crippen LogP) is 2.65. The number of hydrogen-bond donors (Lipinski definition) is 1. The molecule has 1 aromatic carbocycles. The van der Waals surface area contributed by atoms with Gasteiger partial charge in [0.05, 0.1) is 24.7 Å². The van der Waals surface area contributed by atoms with Gasteiger partial charge < -0.3 is 14.8 Å². The molecule has 0 unspecified atom stereocenters. The van der Waals surface area contributed by atoms with Gasteiger partial charge in [0.1, 0.15) is 5.75 Å². The minimum atomic E-state index is -0.402. The molecule has 0 spiro atoms. The summed E-state index contributed by atoms with van der Waals surface area (Å²) in [5.41, 5.74) is 0.788. The van der Waals surface area contributed by atoms with Crippen LogP contribution >= 0.6 is 0 Å². The van der Waals surface area contributed by atoms with Crippen LogP contribution in [0.3, 0.4) is 0 Å². The number of nitrogens with one attached hydrogen (secondary N) is 1. The molecule has 2 rings (SSSR count). The summed E-state index contributed by atoms with van der Waals surface area (Å²) in [5.74, 6) is 0.629. The largest absolute Gasteiger partial charge is 0.496 e. The second kappa shape index (κ2) is 7.38. The van der Waals surface area contributed by atoms with Crippen molar-refractivity contribution in [3.63, 3.8) is 0 Å². The lowest BCUT2D eigenvalue weighted by atomic mass is 9.93. The molecule has 1 N–H and O–H groups in total. The molecule has 1 saturated carbocycles. The standard InChI is InChI=1S/C15H22N2O4/c1-16-12-3-6-14(7-4-12)21-10-11-9-13(17(18)19)5-8-15(11)20-2/h5,8-9,12,14,16H,3-4,6-7,10H2,1-2H3. The predicted molar refractivity (Wildman–Crippen MR) is 79.5 cm³/mol. The van der Waals surface area contributed by atoms with Gasteiger partial charge in [-0.3, -0.25) is 10.1 Å². The molecule has 6 heteroatoms. The van der Waals surface area contributed by atoms with Crippen LogP contribution in [0.15, 0.2) is 18.2 Å². The summed E-state index contributed by atoms with van der Waals surface area (Å²) in [4.78, 5) is 10.4. The highest BCUT2D eigenvalue weighted by Gasteiger charge is 2.21. The van der Waals surface area contributed by atoms with Crippen molar-refractivity contribution in [1.82, 2.24) is 5.32 Å². The number of hydrogen-bond acceptors (Lipinski definition) is 5. The maximum Gasteiger partial charge on any atom is 0.270 e. The van der Waals surface area contributed by atoms with E-state index in [0.29, 0.717) is 18.4 Å².